The Bertz CT molecular complexity index is 474. The molecule has 4 rings (SSSR count). The molecule has 3 fully saturated rings. The fourth-order valence-electron chi connectivity index (χ4n) is 5.66. The highest BCUT2D eigenvalue weighted by Gasteiger charge is 2.51. The Morgan fingerprint density at radius 2 is 2.00 bits per heavy atom. The van der Waals surface area contributed by atoms with Crippen LogP contribution in [0.2, 0.25) is 0 Å². The lowest BCUT2D eigenvalue weighted by atomic mass is 9.68. The molecular weight excluding hydrogens is 290 g/mol. The van der Waals surface area contributed by atoms with E-state index >= 15 is 0 Å². The Kier molecular flexibility index (Phi) is 5.14. The SMILES string of the molecule is Cl.c1ccc(CCCN2CCCC3(CC4CCC3C4)C2)cc1. The van der Waals surface area contributed by atoms with Crippen molar-refractivity contribution in [3.8, 4) is 0 Å². The number of fused-ring (bicyclic) bond motifs is 3. The van der Waals surface area contributed by atoms with Crippen molar-refractivity contribution in [2.45, 2.75) is 51.4 Å². The zero-order valence-electron chi connectivity index (χ0n) is 13.7. The van der Waals surface area contributed by atoms with Gasteiger partial charge in [-0.05, 0) is 80.8 Å². The first kappa shape index (κ1) is 16.3. The number of piperidine rings is 1. The molecule has 2 bridgehead atoms. The maximum absolute atomic E-state index is 2.80. The highest BCUT2D eigenvalue weighted by atomic mass is 35.5. The molecule has 1 aromatic carbocycles. The Hall–Kier alpha value is -0.530. The van der Waals surface area contributed by atoms with Gasteiger partial charge in [-0.25, -0.2) is 0 Å². The number of aryl methyl sites for hydroxylation is 1. The minimum Gasteiger partial charge on any atom is -0.303 e. The van der Waals surface area contributed by atoms with Crippen LogP contribution in [0.1, 0.15) is 50.5 Å². The molecule has 1 heterocycles. The molecule has 3 aliphatic rings. The van der Waals surface area contributed by atoms with Crippen molar-refractivity contribution in [1.82, 2.24) is 4.90 Å². The fourth-order valence-corrected chi connectivity index (χ4v) is 5.66. The van der Waals surface area contributed by atoms with Gasteiger partial charge in [-0.1, -0.05) is 36.8 Å². The second-order valence-electron chi connectivity index (χ2n) is 7.91. The summed E-state index contributed by atoms with van der Waals surface area (Å²) in [6.07, 6.45) is 11.8. The van der Waals surface area contributed by atoms with Crippen LogP contribution < -0.4 is 0 Å². The minimum absolute atomic E-state index is 0. The highest BCUT2D eigenvalue weighted by molar-refractivity contribution is 5.85. The van der Waals surface area contributed by atoms with Gasteiger partial charge in [0.1, 0.15) is 0 Å². The van der Waals surface area contributed by atoms with Crippen LogP contribution in [0.4, 0.5) is 0 Å². The molecule has 122 valence electrons. The Labute approximate surface area is 141 Å². The molecule has 2 aliphatic carbocycles. The van der Waals surface area contributed by atoms with E-state index in [1.165, 1.54) is 50.9 Å². The summed E-state index contributed by atoms with van der Waals surface area (Å²) in [7, 11) is 0. The number of likely N-dealkylation sites (tertiary alicyclic amines) is 1. The number of nitrogens with zero attached hydrogens (tertiary/aromatic N) is 1. The van der Waals surface area contributed by atoms with Crippen molar-refractivity contribution in [2.75, 3.05) is 19.6 Å². The van der Waals surface area contributed by atoms with Gasteiger partial charge in [0.05, 0.1) is 0 Å². The number of hydrogen-bond donors (Lipinski definition) is 0. The molecule has 3 atom stereocenters. The first-order valence-corrected chi connectivity index (χ1v) is 9.10. The molecule has 0 aromatic heterocycles. The van der Waals surface area contributed by atoms with Gasteiger partial charge in [-0.2, -0.15) is 0 Å². The molecule has 1 saturated heterocycles. The van der Waals surface area contributed by atoms with E-state index in [2.05, 4.69) is 35.2 Å². The summed E-state index contributed by atoms with van der Waals surface area (Å²) in [4.78, 5) is 2.80. The van der Waals surface area contributed by atoms with Gasteiger partial charge in [-0.15, -0.1) is 12.4 Å². The zero-order valence-corrected chi connectivity index (χ0v) is 14.5. The average molecular weight is 320 g/mol. The van der Waals surface area contributed by atoms with Crippen LogP contribution in [0.3, 0.4) is 0 Å². The van der Waals surface area contributed by atoms with Crippen LogP contribution in [0.25, 0.3) is 0 Å². The molecule has 3 unspecified atom stereocenters. The first-order chi connectivity index (χ1) is 10.3. The molecule has 1 spiro atoms. The number of halogens is 1. The zero-order chi connectivity index (χ0) is 14.1. The molecule has 22 heavy (non-hydrogen) atoms. The second kappa shape index (κ2) is 6.93. The first-order valence-electron chi connectivity index (χ1n) is 9.10. The van der Waals surface area contributed by atoms with E-state index in [9.17, 15) is 0 Å². The van der Waals surface area contributed by atoms with Gasteiger partial charge in [0.2, 0.25) is 0 Å². The molecule has 0 N–H and O–H groups in total. The van der Waals surface area contributed by atoms with E-state index in [0.29, 0.717) is 0 Å². The molecule has 2 heteroatoms. The molecule has 0 radical (unpaired) electrons. The summed E-state index contributed by atoms with van der Waals surface area (Å²) in [6, 6.07) is 11.0. The Balaban J connectivity index is 0.00000144. The average Bonchev–Trinajstić information content (AvgIpc) is 3.09. The van der Waals surface area contributed by atoms with Crippen LogP contribution in [-0.2, 0) is 6.42 Å². The van der Waals surface area contributed by atoms with Crippen molar-refractivity contribution in [1.29, 1.82) is 0 Å². The van der Waals surface area contributed by atoms with Crippen LogP contribution in [-0.4, -0.2) is 24.5 Å². The van der Waals surface area contributed by atoms with Crippen molar-refractivity contribution in [2.24, 2.45) is 17.3 Å². The normalized spacial score (nSPS) is 34.0. The summed E-state index contributed by atoms with van der Waals surface area (Å²) in [5.41, 5.74) is 2.25. The van der Waals surface area contributed by atoms with Crippen LogP contribution >= 0.6 is 12.4 Å². The van der Waals surface area contributed by atoms with Crippen molar-refractivity contribution in [3.63, 3.8) is 0 Å². The molecule has 1 aromatic rings. The van der Waals surface area contributed by atoms with E-state index in [-0.39, 0.29) is 12.4 Å². The lowest BCUT2D eigenvalue weighted by Gasteiger charge is -2.46. The molecule has 1 nitrogen and oxygen atoms in total. The Morgan fingerprint density at radius 3 is 2.73 bits per heavy atom. The summed E-state index contributed by atoms with van der Waals surface area (Å²) in [5.74, 6) is 2.18. The topological polar surface area (TPSA) is 3.24 Å². The number of rotatable bonds is 4. The smallest absolute Gasteiger partial charge is 0.00407 e. The summed E-state index contributed by atoms with van der Waals surface area (Å²) in [6.45, 7) is 4.09. The maximum atomic E-state index is 2.80. The second-order valence-corrected chi connectivity index (χ2v) is 7.91. The van der Waals surface area contributed by atoms with E-state index < -0.39 is 0 Å². The van der Waals surface area contributed by atoms with Crippen molar-refractivity contribution < 1.29 is 0 Å². The standard InChI is InChI=1S/C20H29N.ClH/c1-2-6-17(7-3-1)8-4-12-21-13-5-11-20(16-21)15-18-9-10-19(20)14-18;/h1-3,6-7,18-19H,4-5,8-16H2;1H. The van der Waals surface area contributed by atoms with Crippen LogP contribution in [0.15, 0.2) is 30.3 Å². The molecule has 2 saturated carbocycles. The molecule has 0 amide bonds. The maximum Gasteiger partial charge on any atom is 0.00407 e. The lowest BCUT2D eigenvalue weighted by molar-refractivity contribution is 0.0381. The lowest BCUT2D eigenvalue weighted by Crippen LogP contribution is -2.46. The van der Waals surface area contributed by atoms with E-state index in [0.717, 1.165) is 17.3 Å². The fraction of sp³-hybridized carbons (Fsp3) is 0.700. The van der Waals surface area contributed by atoms with E-state index in [1.807, 2.05) is 0 Å². The van der Waals surface area contributed by atoms with E-state index in [4.69, 9.17) is 0 Å². The quantitative estimate of drug-likeness (QED) is 0.759. The number of benzene rings is 1. The van der Waals surface area contributed by atoms with Gasteiger partial charge in [0.25, 0.3) is 0 Å². The monoisotopic (exact) mass is 319 g/mol. The van der Waals surface area contributed by atoms with Crippen LogP contribution in [0.5, 0.6) is 0 Å². The predicted octanol–water partition coefficient (Wildman–Crippen LogP) is 4.94. The van der Waals surface area contributed by atoms with Gasteiger partial charge in [0, 0.05) is 6.54 Å². The minimum atomic E-state index is 0. The van der Waals surface area contributed by atoms with Crippen molar-refractivity contribution in [3.05, 3.63) is 35.9 Å². The third-order valence-corrected chi connectivity index (χ3v) is 6.57. The van der Waals surface area contributed by atoms with E-state index in [1.54, 1.807) is 25.7 Å². The third kappa shape index (κ3) is 3.21. The van der Waals surface area contributed by atoms with Crippen LogP contribution in [0, 0.1) is 17.3 Å². The highest BCUT2D eigenvalue weighted by Crippen LogP contribution is 2.59. The molecule has 1 aliphatic heterocycles. The third-order valence-electron chi connectivity index (χ3n) is 6.57. The summed E-state index contributed by atoms with van der Waals surface area (Å²) >= 11 is 0. The van der Waals surface area contributed by atoms with Gasteiger partial charge < -0.3 is 4.90 Å². The van der Waals surface area contributed by atoms with Gasteiger partial charge in [-0.3, -0.25) is 0 Å². The largest absolute Gasteiger partial charge is 0.303 e. The van der Waals surface area contributed by atoms with Gasteiger partial charge in [0.15, 0.2) is 0 Å². The number of hydrogen-bond acceptors (Lipinski definition) is 1. The predicted molar refractivity (Wildman–Crippen MR) is 95.6 cm³/mol. The molecular formula is C20H30ClN. The van der Waals surface area contributed by atoms with Crippen molar-refractivity contribution >= 4 is 12.4 Å². The summed E-state index contributed by atoms with van der Waals surface area (Å²) in [5, 5.41) is 0. The Morgan fingerprint density at radius 1 is 1.14 bits per heavy atom. The van der Waals surface area contributed by atoms with Gasteiger partial charge >= 0.3 is 0 Å². The summed E-state index contributed by atoms with van der Waals surface area (Å²) < 4.78 is 0.